The van der Waals surface area contributed by atoms with Crippen molar-refractivity contribution in [2.24, 2.45) is 4.99 Å². The highest BCUT2D eigenvalue weighted by Gasteiger charge is 2.16. The number of sulfone groups is 1. The normalized spacial score (nSPS) is 11.8. The molecule has 2 aromatic carbocycles. The summed E-state index contributed by atoms with van der Waals surface area (Å²) >= 11 is 0. The molecule has 0 saturated heterocycles. The van der Waals surface area contributed by atoms with Gasteiger partial charge in [-0.3, -0.25) is 14.9 Å². The number of hydrogen-bond acceptors (Lipinski definition) is 5. The van der Waals surface area contributed by atoms with Crippen LogP contribution in [0.3, 0.4) is 0 Å². The highest BCUT2D eigenvalue weighted by molar-refractivity contribution is 7.90. The number of aromatic amines is 1. The molecule has 0 atom stereocenters. The van der Waals surface area contributed by atoms with Gasteiger partial charge in [0.15, 0.2) is 9.84 Å². The Morgan fingerprint density at radius 2 is 1.86 bits per heavy atom. The van der Waals surface area contributed by atoms with Crippen LogP contribution in [0.5, 0.6) is 0 Å². The van der Waals surface area contributed by atoms with Crippen LogP contribution in [0.1, 0.15) is 27.2 Å². The molecule has 9 heteroatoms. The summed E-state index contributed by atoms with van der Waals surface area (Å²) in [5.74, 6) is -1.25. The highest BCUT2D eigenvalue weighted by atomic mass is 32.2. The maximum Gasteiger partial charge on any atom is 0.337 e. The predicted octanol–water partition coefficient (Wildman–Crippen LogP) is 2.63. The molecule has 8 nitrogen and oxygen atoms in total. The smallest absolute Gasteiger partial charge is 0.337 e. The van der Waals surface area contributed by atoms with Crippen LogP contribution in [0.4, 0.5) is 5.69 Å². The van der Waals surface area contributed by atoms with Gasteiger partial charge in [0.2, 0.25) is 0 Å². The molecule has 1 aromatic heterocycles. The molecule has 29 heavy (non-hydrogen) atoms. The fourth-order valence-electron chi connectivity index (χ4n) is 2.86. The fraction of sp³-hybridized carbons (Fsp3) is 0.150. The number of carboxylic acids is 1. The Labute approximate surface area is 167 Å². The number of aryl methyl sites for hydroxylation is 2. The van der Waals surface area contributed by atoms with Crippen LogP contribution in [-0.4, -0.2) is 41.7 Å². The van der Waals surface area contributed by atoms with Gasteiger partial charge < -0.3 is 5.11 Å². The molecular weight excluding hydrogens is 394 g/mol. The Balaban J connectivity index is 2.11. The minimum absolute atomic E-state index is 0.0529. The van der Waals surface area contributed by atoms with Crippen LogP contribution in [0.15, 0.2) is 57.1 Å². The molecule has 3 aromatic rings. The number of rotatable bonds is 5. The maximum absolute atomic E-state index is 12.8. The van der Waals surface area contributed by atoms with E-state index in [1.54, 1.807) is 13.0 Å². The van der Waals surface area contributed by atoms with Crippen molar-refractivity contribution in [1.82, 2.24) is 9.78 Å². The first kappa shape index (κ1) is 20.3. The second-order valence-corrected chi connectivity index (χ2v) is 8.61. The SMILES string of the molecule is Cc1ccccc1-n1[nH]c(C)c(C=Nc2cc(S(C)(=O)=O)ccc2C(=O)O)c1=O. The summed E-state index contributed by atoms with van der Waals surface area (Å²) in [7, 11) is -3.54. The largest absolute Gasteiger partial charge is 0.478 e. The number of carboxylic acid groups (broad SMARTS) is 1. The molecular formula is C20H19N3O5S. The number of benzene rings is 2. The van der Waals surface area contributed by atoms with E-state index >= 15 is 0 Å². The van der Waals surface area contributed by atoms with Crippen molar-refractivity contribution >= 4 is 27.7 Å². The Hall–Kier alpha value is -3.46. The van der Waals surface area contributed by atoms with Crippen LogP contribution in [-0.2, 0) is 9.84 Å². The number of aromatic nitrogens is 2. The number of carbonyl (C=O) groups is 1. The number of hydrogen-bond donors (Lipinski definition) is 2. The molecule has 0 radical (unpaired) electrons. The van der Waals surface area contributed by atoms with E-state index < -0.39 is 15.8 Å². The predicted molar refractivity (Wildman–Crippen MR) is 110 cm³/mol. The fourth-order valence-corrected chi connectivity index (χ4v) is 3.50. The molecule has 0 fully saturated rings. The van der Waals surface area contributed by atoms with Gasteiger partial charge >= 0.3 is 5.97 Å². The Kier molecular flexibility index (Phi) is 5.25. The molecule has 0 bridgehead atoms. The molecule has 0 aliphatic heterocycles. The first-order chi connectivity index (χ1) is 13.6. The van der Waals surface area contributed by atoms with E-state index in [4.69, 9.17) is 0 Å². The lowest BCUT2D eigenvalue weighted by atomic mass is 10.2. The molecule has 3 rings (SSSR count). The third kappa shape index (κ3) is 4.04. The van der Waals surface area contributed by atoms with Crippen LogP contribution >= 0.6 is 0 Å². The van der Waals surface area contributed by atoms with E-state index in [-0.39, 0.29) is 27.3 Å². The minimum Gasteiger partial charge on any atom is -0.478 e. The topological polar surface area (TPSA) is 122 Å². The lowest BCUT2D eigenvalue weighted by Gasteiger charge is -2.04. The number of nitrogens with zero attached hydrogens (tertiary/aromatic N) is 2. The molecule has 0 aliphatic carbocycles. The van der Waals surface area contributed by atoms with Crippen molar-refractivity contribution in [2.75, 3.05) is 6.26 Å². The van der Waals surface area contributed by atoms with Crippen LogP contribution in [0.2, 0.25) is 0 Å². The van der Waals surface area contributed by atoms with Gasteiger partial charge in [0.05, 0.1) is 27.4 Å². The minimum atomic E-state index is -3.54. The molecule has 2 N–H and O–H groups in total. The Morgan fingerprint density at radius 1 is 1.17 bits per heavy atom. The maximum atomic E-state index is 12.8. The van der Waals surface area contributed by atoms with Crippen LogP contribution in [0, 0.1) is 13.8 Å². The summed E-state index contributed by atoms with van der Waals surface area (Å²) in [4.78, 5) is 28.4. The van der Waals surface area contributed by atoms with E-state index in [1.165, 1.54) is 29.1 Å². The molecule has 0 saturated carbocycles. The Morgan fingerprint density at radius 3 is 2.48 bits per heavy atom. The first-order valence-electron chi connectivity index (χ1n) is 8.58. The molecule has 150 valence electrons. The van der Waals surface area contributed by atoms with Crippen molar-refractivity contribution in [1.29, 1.82) is 0 Å². The second kappa shape index (κ2) is 7.51. The first-order valence-corrected chi connectivity index (χ1v) is 10.5. The van der Waals surface area contributed by atoms with Gasteiger partial charge in [-0.25, -0.2) is 17.9 Å². The van der Waals surface area contributed by atoms with Crippen molar-refractivity contribution < 1.29 is 18.3 Å². The van der Waals surface area contributed by atoms with Gasteiger partial charge in [-0.1, -0.05) is 18.2 Å². The summed E-state index contributed by atoms with van der Waals surface area (Å²) in [6.07, 6.45) is 2.27. The zero-order valence-corrected chi connectivity index (χ0v) is 16.8. The standard InChI is InChI=1S/C20H19N3O5S/c1-12-6-4-5-7-18(12)23-19(24)16(13(2)22-23)11-21-17-10-14(29(3,27)28)8-9-15(17)20(25)26/h4-11,22H,1-3H3,(H,25,26). The van der Waals surface area contributed by atoms with Gasteiger partial charge in [0.1, 0.15) is 0 Å². The van der Waals surface area contributed by atoms with Crippen molar-refractivity contribution in [3.05, 3.63) is 75.2 Å². The number of nitrogens with one attached hydrogen (secondary N) is 1. The quantitative estimate of drug-likeness (QED) is 0.623. The summed E-state index contributed by atoms with van der Waals surface area (Å²) in [5.41, 5.74) is 1.80. The second-order valence-electron chi connectivity index (χ2n) is 6.59. The monoisotopic (exact) mass is 413 g/mol. The zero-order valence-electron chi connectivity index (χ0n) is 16.0. The average Bonchev–Trinajstić information content (AvgIpc) is 2.93. The Bertz CT molecular complexity index is 1300. The van der Waals surface area contributed by atoms with E-state index in [0.717, 1.165) is 11.8 Å². The molecule has 1 heterocycles. The number of para-hydroxylation sites is 1. The number of aromatic carboxylic acids is 1. The van der Waals surface area contributed by atoms with Gasteiger partial charge in [-0.05, 0) is 43.7 Å². The summed E-state index contributed by atoms with van der Waals surface area (Å²) < 4.78 is 25.0. The summed E-state index contributed by atoms with van der Waals surface area (Å²) in [6.45, 7) is 3.57. The van der Waals surface area contributed by atoms with E-state index in [2.05, 4.69) is 10.1 Å². The molecule has 0 aliphatic rings. The van der Waals surface area contributed by atoms with Gasteiger partial charge in [-0.15, -0.1) is 0 Å². The van der Waals surface area contributed by atoms with E-state index in [9.17, 15) is 23.1 Å². The van der Waals surface area contributed by atoms with Crippen LogP contribution in [0.25, 0.3) is 5.69 Å². The third-order valence-corrected chi connectivity index (χ3v) is 5.54. The van der Waals surface area contributed by atoms with Crippen LogP contribution < -0.4 is 5.56 Å². The van der Waals surface area contributed by atoms with Gasteiger partial charge in [-0.2, -0.15) is 0 Å². The number of H-pyrrole nitrogens is 1. The molecule has 0 amide bonds. The summed E-state index contributed by atoms with van der Waals surface area (Å²) in [5, 5.41) is 12.3. The van der Waals surface area contributed by atoms with Crippen molar-refractivity contribution in [3.63, 3.8) is 0 Å². The number of aliphatic imine (C=N–C) groups is 1. The van der Waals surface area contributed by atoms with Crippen molar-refractivity contribution in [3.8, 4) is 5.69 Å². The highest BCUT2D eigenvalue weighted by Crippen LogP contribution is 2.24. The lowest BCUT2D eigenvalue weighted by molar-refractivity contribution is 0.0697. The molecule has 0 spiro atoms. The van der Waals surface area contributed by atoms with E-state index in [0.29, 0.717) is 11.4 Å². The van der Waals surface area contributed by atoms with E-state index in [1.807, 2.05) is 25.1 Å². The third-order valence-electron chi connectivity index (χ3n) is 4.43. The van der Waals surface area contributed by atoms with Crippen molar-refractivity contribution in [2.45, 2.75) is 18.7 Å². The molecule has 0 unspecified atom stereocenters. The zero-order chi connectivity index (χ0) is 21.3. The van der Waals surface area contributed by atoms with Gasteiger partial charge in [0.25, 0.3) is 5.56 Å². The lowest BCUT2D eigenvalue weighted by Crippen LogP contribution is -2.18. The summed E-state index contributed by atoms with van der Waals surface area (Å²) in [6, 6.07) is 10.9. The average molecular weight is 413 g/mol. The van der Waals surface area contributed by atoms with Gasteiger partial charge in [0, 0.05) is 18.2 Å².